The third kappa shape index (κ3) is 1.45. The molecule has 2 aromatic rings. The highest BCUT2D eigenvalue weighted by atomic mass is 14.9. The molecule has 1 unspecified atom stereocenters. The molecule has 1 aliphatic rings. The quantitative estimate of drug-likeness (QED) is 0.750. The minimum Gasteiger partial charge on any atom is -0.357 e. The Morgan fingerprint density at radius 3 is 3.06 bits per heavy atom. The van der Waals surface area contributed by atoms with E-state index in [0.29, 0.717) is 6.04 Å². The second-order valence-corrected chi connectivity index (χ2v) is 4.80. The maximum Gasteiger partial charge on any atom is 0.0459 e. The van der Waals surface area contributed by atoms with Crippen molar-refractivity contribution in [1.29, 1.82) is 0 Å². The van der Waals surface area contributed by atoms with E-state index >= 15 is 0 Å². The zero-order valence-electron chi connectivity index (χ0n) is 9.93. The van der Waals surface area contributed by atoms with Crippen LogP contribution in [0, 0.1) is 0 Å². The van der Waals surface area contributed by atoms with Crippen LogP contribution in [0.4, 0.5) is 0 Å². The van der Waals surface area contributed by atoms with Gasteiger partial charge in [0.05, 0.1) is 0 Å². The van der Waals surface area contributed by atoms with E-state index in [4.69, 9.17) is 0 Å². The van der Waals surface area contributed by atoms with Gasteiger partial charge in [0.2, 0.25) is 0 Å². The van der Waals surface area contributed by atoms with E-state index in [2.05, 4.69) is 42.3 Å². The normalized spacial score (nSPS) is 20.0. The van der Waals surface area contributed by atoms with E-state index in [9.17, 15) is 0 Å². The SMILES string of the molecule is CCc1ccc2[nH]c3c(c2c1)CC(C)NC3. The second-order valence-electron chi connectivity index (χ2n) is 4.80. The molecule has 0 radical (unpaired) electrons. The Labute approximate surface area is 96.1 Å². The van der Waals surface area contributed by atoms with Crippen LogP contribution in [0.15, 0.2) is 18.2 Å². The Kier molecular flexibility index (Phi) is 2.25. The van der Waals surface area contributed by atoms with Crippen molar-refractivity contribution in [3.05, 3.63) is 35.0 Å². The summed E-state index contributed by atoms with van der Waals surface area (Å²) in [6.45, 7) is 5.45. The molecule has 0 bridgehead atoms. The van der Waals surface area contributed by atoms with Crippen molar-refractivity contribution >= 4 is 10.9 Å². The largest absolute Gasteiger partial charge is 0.357 e. The van der Waals surface area contributed by atoms with Crippen LogP contribution in [0.25, 0.3) is 10.9 Å². The number of rotatable bonds is 1. The maximum atomic E-state index is 3.53. The van der Waals surface area contributed by atoms with E-state index in [-0.39, 0.29) is 0 Å². The van der Waals surface area contributed by atoms with Crippen molar-refractivity contribution in [2.75, 3.05) is 0 Å². The summed E-state index contributed by atoms with van der Waals surface area (Å²) in [7, 11) is 0. The van der Waals surface area contributed by atoms with Gasteiger partial charge in [0.25, 0.3) is 0 Å². The fraction of sp³-hybridized carbons (Fsp3) is 0.429. The minimum atomic E-state index is 0.594. The van der Waals surface area contributed by atoms with Crippen LogP contribution in [-0.2, 0) is 19.4 Å². The average molecular weight is 214 g/mol. The molecule has 1 atom stereocenters. The summed E-state index contributed by atoms with van der Waals surface area (Å²) in [5.74, 6) is 0. The van der Waals surface area contributed by atoms with Crippen LogP contribution < -0.4 is 5.32 Å². The summed E-state index contributed by atoms with van der Waals surface area (Å²) in [4.78, 5) is 3.53. The lowest BCUT2D eigenvalue weighted by molar-refractivity contribution is 0.511. The molecule has 2 N–H and O–H groups in total. The van der Waals surface area contributed by atoms with Crippen molar-refractivity contribution in [2.24, 2.45) is 0 Å². The molecule has 1 aromatic carbocycles. The first kappa shape index (κ1) is 9.91. The van der Waals surface area contributed by atoms with Crippen LogP contribution in [0.1, 0.15) is 30.7 Å². The van der Waals surface area contributed by atoms with E-state index in [1.165, 1.54) is 27.7 Å². The summed E-state index contributed by atoms with van der Waals surface area (Å²) < 4.78 is 0. The third-order valence-corrected chi connectivity index (χ3v) is 3.60. The van der Waals surface area contributed by atoms with E-state index in [1.807, 2.05) is 0 Å². The van der Waals surface area contributed by atoms with Gasteiger partial charge in [-0.15, -0.1) is 0 Å². The Hall–Kier alpha value is -1.28. The molecule has 0 saturated heterocycles. The molecule has 2 heterocycles. The highest BCUT2D eigenvalue weighted by Gasteiger charge is 2.18. The first-order valence-corrected chi connectivity index (χ1v) is 6.13. The van der Waals surface area contributed by atoms with Gasteiger partial charge in [-0.25, -0.2) is 0 Å². The standard InChI is InChI=1S/C14H18N2/c1-3-10-4-5-13-12(7-10)11-6-9(2)15-8-14(11)16-13/h4-5,7,9,15-16H,3,6,8H2,1-2H3. The van der Waals surface area contributed by atoms with Crippen molar-refractivity contribution in [3.8, 4) is 0 Å². The number of aromatic nitrogens is 1. The van der Waals surface area contributed by atoms with E-state index in [0.717, 1.165) is 19.4 Å². The maximum absolute atomic E-state index is 3.53. The Balaban J connectivity index is 2.20. The molecular weight excluding hydrogens is 196 g/mol. The zero-order chi connectivity index (χ0) is 11.1. The van der Waals surface area contributed by atoms with Crippen molar-refractivity contribution < 1.29 is 0 Å². The van der Waals surface area contributed by atoms with Gasteiger partial charge in [-0.1, -0.05) is 13.0 Å². The smallest absolute Gasteiger partial charge is 0.0459 e. The lowest BCUT2D eigenvalue weighted by atomic mass is 9.98. The van der Waals surface area contributed by atoms with Gasteiger partial charge in [-0.3, -0.25) is 0 Å². The molecular formula is C14H18N2. The minimum absolute atomic E-state index is 0.594. The average Bonchev–Trinajstić information content (AvgIpc) is 2.66. The van der Waals surface area contributed by atoms with Crippen LogP contribution in [0.2, 0.25) is 0 Å². The molecule has 16 heavy (non-hydrogen) atoms. The first-order chi connectivity index (χ1) is 7.78. The summed E-state index contributed by atoms with van der Waals surface area (Å²) >= 11 is 0. The number of nitrogens with one attached hydrogen (secondary N) is 2. The van der Waals surface area contributed by atoms with Crippen molar-refractivity contribution in [1.82, 2.24) is 10.3 Å². The summed E-state index contributed by atoms with van der Waals surface area (Å²) in [5, 5.41) is 4.93. The van der Waals surface area contributed by atoms with Crippen LogP contribution in [0.3, 0.4) is 0 Å². The number of hydrogen-bond donors (Lipinski definition) is 2. The predicted octanol–water partition coefficient (Wildman–Crippen LogP) is 2.76. The molecule has 0 aliphatic carbocycles. The fourth-order valence-electron chi connectivity index (χ4n) is 2.61. The molecule has 2 nitrogen and oxygen atoms in total. The summed E-state index contributed by atoms with van der Waals surface area (Å²) in [6, 6.07) is 7.39. The molecule has 1 aliphatic heterocycles. The summed E-state index contributed by atoms with van der Waals surface area (Å²) in [6.07, 6.45) is 2.26. The van der Waals surface area contributed by atoms with Gasteiger partial charge < -0.3 is 10.3 Å². The topological polar surface area (TPSA) is 27.8 Å². The second kappa shape index (κ2) is 3.63. The lowest BCUT2D eigenvalue weighted by Crippen LogP contribution is -2.32. The van der Waals surface area contributed by atoms with Crippen molar-refractivity contribution in [2.45, 2.75) is 39.3 Å². The monoisotopic (exact) mass is 214 g/mol. The number of fused-ring (bicyclic) bond motifs is 3. The van der Waals surface area contributed by atoms with Gasteiger partial charge in [0.15, 0.2) is 0 Å². The number of aromatic amines is 1. The van der Waals surface area contributed by atoms with Gasteiger partial charge >= 0.3 is 0 Å². The van der Waals surface area contributed by atoms with Gasteiger partial charge in [-0.2, -0.15) is 0 Å². The molecule has 1 aromatic heterocycles. The first-order valence-electron chi connectivity index (χ1n) is 6.13. The van der Waals surface area contributed by atoms with E-state index in [1.54, 1.807) is 0 Å². The molecule has 0 saturated carbocycles. The van der Waals surface area contributed by atoms with Crippen LogP contribution in [-0.4, -0.2) is 11.0 Å². The highest BCUT2D eigenvalue weighted by Crippen LogP contribution is 2.27. The Bertz CT molecular complexity index is 525. The number of aryl methyl sites for hydroxylation is 1. The fourth-order valence-corrected chi connectivity index (χ4v) is 2.61. The van der Waals surface area contributed by atoms with Gasteiger partial charge in [-0.05, 0) is 43.0 Å². The highest BCUT2D eigenvalue weighted by molar-refractivity contribution is 5.85. The van der Waals surface area contributed by atoms with Crippen LogP contribution >= 0.6 is 0 Å². The molecule has 84 valence electrons. The van der Waals surface area contributed by atoms with Crippen LogP contribution in [0.5, 0.6) is 0 Å². The summed E-state index contributed by atoms with van der Waals surface area (Å²) in [5.41, 5.74) is 5.62. The van der Waals surface area contributed by atoms with Crippen molar-refractivity contribution in [3.63, 3.8) is 0 Å². The molecule has 3 rings (SSSR count). The predicted molar refractivity (Wildman–Crippen MR) is 67.7 cm³/mol. The number of hydrogen-bond acceptors (Lipinski definition) is 1. The van der Waals surface area contributed by atoms with E-state index < -0.39 is 0 Å². The number of benzene rings is 1. The molecule has 0 amide bonds. The lowest BCUT2D eigenvalue weighted by Gasteiger charge is -2.20. The van der Waals surface area contributed by atoms with Gasteiger partial charge in [0.1, 0.15) is 0 Å². The zero-order valence-corrected chi connectivity index (χ0v) is 9.93. The molecule has 0 spiro atoms. The Morgan fingerprint density at radius 1 is 1.38 bits per heavy atom. The number of H-pyrrole nitrogens is 1. The van der Waals surface area contributed by atoms with Gasteiger partial charge in [0, 0.05) is 29.2 Å². The molecule has 0 fully saturated rings. The third-order valence-electron chi connectivity index (χ3n) is 3.60. The molecule has 2 heteroatoms. The Morgan fingerprint density at radius 2 is 2.25 bits per heavy atom.